The summed E-state index contributed by atoms with van der Waals surface area (Å²) >= 11 is 0. The minimum absolute atomic E-state index is 0.591. The van der Waals surface area contributed by atoms with Gasteiger partial charge in [0.25, 0.3) is 0 Å². The Kier molecular flexibility index (Phi) is 6.78. The Balaban J connectivity index is 1.08. The van der Waals surface area contributed by atoms with Gasteiger partial charge in [0.15, 0.2) is 17.5 Å². The number of ether oxygens (including phenoxy) is 1. The normalized spacial score (nSPS) is 11.7. The van der Waals surface area contributed by atoms with Crippen LogP contribution in [0.3, 0.4) is 0 Å². The molecule has 0 amide bonds. The summed E-state index contributed by atoms with van der Waals surface area (Å²) in [6, 6.07) is 61.0. The quantitative estimate of drug-likeness (QED) is 0.186. The second kappa shape index (κ2) is 11.9. The molecule has 0 atom stereocenters. The molecule has 0 spiro atoms. The summed E-state index contributed by atoms with van der Waals surface area (Å²) in [5, 5.41) is 4.59. The van der Waals surface area contributed by atoms with Crippen molar-refractivity contribution < 1.29 is 4.74 Å². The van der Waals surface area contributed by atoms with E-state index < -0.39 is 0 Å². The first-order valence-electron chi connectivity index (χ1n) is 17.1. The van der Waals surface area contributed by atoms with E-state index >= 15 is 0 Å². The van der Waals surface area contributed by atoms with Crippen molar-refractivity contribution in [3.05, 3.63) is 176 Å². The maximum absolute atomic E-state index is 6.65. The fourth-order valence-electron chi connectivity index (χ4n) is 7.19. The van der Waals surface area contributed by atoms with Crippen LogP contribution in [0.4, 0.5) is 0 Å². The van der Waals surface area contributed by atoms with Crippen LogP contribution < -0.4 is 4.74 Å². The summed E-state index contributed by atoms with van der Waals surface area (Å²) in [6.45, 7) is 0. The Morgan fingerprint density at radius 3 is 1.57 bits per heavy atom. The number of hydrogen-bond acceptors (Lipinski definition) is 4. The van der Waals surface area contributed by atoms with Crippen molar-refractivity contribution in [2.24, 2.45) is 0 Å². The molecule has 0 aliphatic carbocycles. The molecule has 0 fully saturated rings. The van der Waals surface area contributed by atoms with Gasteiger partial charge in [0, 0.05) is 27.6 Å². The molecule has 0 unspecified atom stereocenters. The van der Waals surface area contributed by atoms with Crippen LogP contribution in [0, 0.1) is 0 Å². The predicted octanol–water partition coefficient (Wildman–Crippen LogP) is 12.3. The van der Waals surface area contributed by atoms with E-state index in [1.807, 2.05) is 42.5 Å². The van der Waals surface area contributed by atoms with Crippen LogP contribution in [0.5, 0.6) is 11.5 Å². The third-order valence-electron chi connectivity index (χ3n) is 9.71. The average Bonchev–Trinajstić information content (AvgIpc) is 3.21. The Morgan fingerprint density at radius 2 is 0.863 bits per heavy atom. The summed E-state index contributed by atoms with van der Waals surface area (Å²) < 4.78 is 6.65. The van der Waals surface area contributed by atoms with E-state index in [1.54, 1.807) is 0 Å². The van der Waals surface area contributed by atoms with Gasteiger partial charge in [-0.25, -0.2) is 15.0 Å². The van der Waals surface area contributed by atoms with E-state index in [4.69, 9.17) is 19.7 Å². The van der Waals surface area contributed by atoms with Gasteiger partial charge >= 0.3 is 0 Å². The van der Waals surface area contributed by atoms with Crippen LogP contribution in [0.15, 0.2) is 176 Å². The molecular formula is C47H29N3O. The molecule has 0 N–H and O–H groups in total. The summed E-state index contributed by atoms with van der Waals surface area (Å²) in [7, 11) is 0. The topological polar surface area (TPSA) is 47.9 Å². The Morgan fingerprint density at radius 1 is 0.314 bits per heavy atom. The van der Waals surface area contributed by atoms with Crippen molar-refractivity contribution in [2.75, 3.05) is 0 Å². The first-order valence-corrected chi connectivity index (χ1v) is 17.1. The van der Waals surface area contributed by atoms with Crippen LogP contribution in [-0.4, -0.2) is 15.0 Å². The Bertz CT molecular complexity index is 2760. The standard InChI is InChI=1S/C47H29N3O/c1-4-11-30(12-5-1)33-19-20-35-28-36(22-21-34(35)27-33)46-48-45(32-15-8-3-9-16-32)49-47(50-46)37-23-24-39-41-18-10-17-40-38(31-13-6-2-7-14-31)25-26-42(44(40)41)51-43(39)29-37/h1-29H. The summed E-state index contributed by atoms with van der Waals surface area (Å²) in [4.78, 5) is 15.1. The molecule has 4 heteroatoms. The molecule has 0 saturated carbocycles. The van der Waals surface area contributed by atoms with Crippen molar-refractivity contribution in [1.29, 1.82) is 0 Å². The van der Waals surface area contributed by atoms with Gasteiger partial charge in [-0.1, -0.05) is 146 Å². The average molecular weight is 652 g/mol. The number of hydrogen-bond donors (Lipinski definition) is 0. The number of nitrogens with zero attached hydrogens (tertiary/aromatic N) is 3. The monoisotopic (exact) mass is 651 g/mol. The van der Waals surface area contributed by atoms with Gasteiger partial charge in [0.2, 0.25) is 0 Å². The maximum Gasteiger partial charge on any atom is 0.164 e. The summed E-state index contributed by atoms with van der Waals surface area (Å²) in [6.07, 6.45) is 0. The lowest BCUT2D eigenvalue weighted by atomic mass is 9.90. The third kappa shape index (κ3) is 5.13. The molecule has 0 bridgehead atoms. The summed E-state index contributed by atoms with van der Waals surface area (Å²) in [5.74, 6) is 3.46. The zero-order valence-electron chi connectivity index (χ0n) is 27.5. The zero-order valence-corrected chi connectivity index (χ0v) is 27.5. The van der Waals surface area contributed by atoms with Gasteiger partial charge in [0.05, 0.1) is 0 Å². The smallest absolute Gasteiger partial charge is 0.164 e. The van der Waals surface area contributed by atoms with Crippen molar-refractivity contribution in [3.63, 3.8) is 0 Å². The fourth-order valence-corrected chi connectivity index (χ4v) is 7.19. The van der Waals surface area contributed by atoms with Gasteiger partial charge < -0.3 is 4.74 Å². The van der Waals surface area contributed by atoms with Crippen molar-refractivity contribution in [3.8, 4) is 79.0 Å². The molecule has 0 saturated heterocycles. The van der Waals surface area contributed by atoms with Crippen LogP contribution in [-0.2, 0) is 0 Å². The maximum atomic E-state index is 6.65. The third-order valence-corrected chi connectivity index (χ3v) is 9.71. The molecule has 1 aliphatic rings. The largest absolute Gasteiger partial charge is 0.456 e. The number of rotatable bonds is 5. The Hall–Kier alpha value is -6.91. The van der Waals surface area contributed by atoms with Crippen LogP contribution in [0.2, 0.25) is 0 Å². The van der Waals surface area contributed by atoms with Crippen LogP contribution >= 0.6 is 0 Å². The lowest BCUT2D eigenvalue weighted by Crippen LogP contribution is -2.02. The van der Waals surface area contributed by atoms with Crippen molar-refractivity contribution in [2.45, 2.75) is 0 Å². The second-order valence-electron chi connectivity index (χ2n) is 12.8. The molecule has 4 nitrogen and oxygen atoms in total. The van der Waals surface area contributed by atoms with E-state index in [0.717, 1.165) is 55.5 Å². The van der Waals surface area contributed by atoms with Gasteiger partial charge in [-0.15, -0.1) is 0 Å². The molecule has 0 radical (unpaired) electrons. The lowest BCUT2D eigenvalue weighted by molar-refractivity contribution is 0.487. The van der Waals surface area contributed by atoms with E-state index in [1.165, 1.54) is 27.6 Å². The highest BCUT2D eigenvalue weighted by molar-refractivity contribution is 6.10. The SMILES string of the molecule is c1ccc(-c2ccc3cc(-c4nc(-c5ccccc5)nc(-c5ccc6c(c5)Oc5ccc(-c7ccccc7)c7cccc-6c57)n4)ccc3c2)cc1. The zero-order chi connectivity index (χ0) is 33.7. The fraction of sp³-hybridized carbons (Fsp3) is 0. The first-order chi connectivity index (χ1) is 25.2. The number of fused-ring (bicyclic) bond motifs is 3. The van der Waals surface area contributed by atoms with Gasteiger partial charge in [-0.3, -0.25) is 0 Å². The highest BCUT2D eigenvalue weighted by atomic mass is 16.5. The van der Waals surface area contributed by atoms with E-state index in [0.29, 0.717) is 17.5 Å². The van der Waals surface area contributed by atoms with Gasteiger partial charge in [-0.2, -0.15) is 0 Å². The van der Waals surface area contributed by atoms with Crippen molar-refractivity contribution >= 4 is 21.5 Å². The van der Waals surface area contributed by atoms with E-state index in [9.17, 15) is 0 Å². The molecule has 238 valence electrons. The number of benzene rings is 8. The van der Waals surface area contributed by atoms with E-state index in [-0.39, 0.29) is 0 Å². The first kappa shape index (κ1) is 29.0. The van der Waals surface area contributed by atoms with Gasteiger partial charge in [-0.05, 0) is 74.3 Å². The van der Waals surface area contributed by atoms with Crippen molar-refractivity contribution in [1.82, 2.24) is 15.0 Å². The highest BCUT2D eigenvalue weighted by Crippen LogP contribution is 2.49. The molecule has 9 aromatic rings. The van der Waals surface area contributed by atoms with Crippen LogP contribution in [0.25, 0.3) is 89.1 Å². The molecule has 51 heavy (non-hydrogen) atoms. The second-order valence-corrected chi connectivity index (χ2v) is 12.8. The molecule has 10 rings (SSSR count). The molecule has 8 aromatic carbocycles. The lowest BCUT2D eigenvalue weighted by Gasteiger charge is -2.23. The summed E-state index contributed by atoms with van der Waals surface area (Å²) in [5.41, 5.74) is 9.69. The minimum Gasteiger partial charge on any atom is -0.456 e. The van der Waals surface area contributed by atoms with Gasteiger partial charge in [0.1, 0.15) is 11.5 Å². The minimum atomic E-state index is 0.591. The molecule has 2 heterocycles. The number of aromatic nitrogens is 3. The highest BCUT2D eigenvalue weighted by Gasteiger charge is 2.23. The van der Waals surface area contributed by atoms with Crippen LogP contribution in [0.1, 0.15) is 0 Å². The Labute approximate surface area is 295 Å². The molecular weight excluding hydrogens is 623 g/mol. The van der Waals surface area contributed by atoms with E-state index in [2.05, 4.69) is 133 Å². The molecule has 1 aliphatic heterocycles. The predicted molar refractivity (Wildman–Crippen MR) is 208 cm³/mol. The molecule has 1 aromatic heterocycles.